The fourth-order valence-corrected chi connectivity index (χ4v) is 0. The van der Waals surface area contributed by atoms with Gasteiger partial charge in [0, 0.05) is 0 Å². The molecule has 2 N–H and O–H groups in total. The number of aliphatic hydroxyl groups is 2. The van der Waals surface area contributed by atoms with E-state index in [1.807, 2.05) is 0 Å². The van der Waals surface area contributed by atoms with Crippen LogP contribution in [0.25, 0.3) is 0 Å². The van der Waals surface area contributed by atoms with Gasteiger partial charge in [0.15, 0.2) is 0 Å². The Morgan fingerprint density at radius 1 is 1.00 bits per heavy atom. The summed E-state index contributed by atoms with van der Waals surface area (Å²) in [5.41, 5.74) is 0. The predicted molar refractivity (Wildman–Crippen MR) is 39.1 cm³/mol. The molecule has 0 amide bonds. The van der Waals surface area contributed by atoms with Crippen LogP contribution in [0.15, 0.2) is 0 Å². The van der Waals surface area contributed by atoms with Crippen molar-refractivity contribution >= 4 is 35.0 Å². The van der Waals surface area contributed by atoms with Gasteiger partial charge in [-0.25, -0.2) is 0 Å². The standard InChI is InChI=1S/2C3H6O3.Mg/c2*1-2(4)3(5)6;/h2*2,4H,1H3,(H,5,6);/q;;+2/p-2/t2*2-;/m11./s1. The smallest absolute Gasteiger partial charge is 0.547 e. The molecule has 0 heterocycles. The number of carboxylic acids is 2. The van der Waals surface area contributed by atoms with Gasteiger partial charge in [0.05, 0.1) is 24.1 Å². The molecule has 0 saturated heterocycles. The van der Waals surface area contributed by atoms with E-state index in [1.165, 1.54) is 0 Å². The summed E-state index contributed by atoms with van der Waals surface area (Å²) in [5.74, 6) is -2.87. The van der Waals surface area contributed by atoms with Crippen molar-refractivity contribution in [2.45, 2.75) is 26.1 Å². The molecule has 0 radical (unpaired) electrons. The van der Waals surface area contributed by atoms with Gasteiger partial charge in [-0.1, -0.05) is 0 Å². The van der Waals surface area contributed by atoms with Crippen molar-refractivity contribution < 1.29 is 30.0 Å². The molecule has 0 bridgehead atoms. The summed E-state index contributed by atoms with van der Waals surface area (Å²) in [6, 6.07) is 0. The first-order valence-electron chi connectivity index (χ1n) is 3.06. The van der Waals surface area contributed by atoms with Crippen LogP contribution in [0.5, 0.6) is 0 Å². The Hall–Kier alpha value is -0.374. The number of rotatable bonds is 2. The van der Waals surface area contributed by atoms with Gasteiger partial charge in [-0.15, -0.1) is 0 Å². The van der Waals surface area contributed by atoms with E-state index in [0.717, 1.165) is 13.8 Å². The molecule has 2 atom stereocenters. The molecule has 6 nitrogen and oxygen atoms in total. The molecule has 7 heteroatoms. The second-order valence-electron chi connectivity index (χ2n) is 1.99. The minimum atomic E-state index is -1.44. The molecule has 0 aliphatic heterocycles. The Morgan fingerprint density at radius 3 is 1.08 bits per heavy atom. The minimum absolute atomic E-state index is 0. The average molecular weight is 202 g/mol. The number of carbonyl (C=O) groups excluding carboxylic acids is 2. The molecule has 72 valence electrons. The van der Waals surface area contributed by atoms with Crippen molar-refractivity contribution in [2.24, 2.45) is 0 Å². The molecule has 0 unspecified atom stereocenters. The Morgan fingerprint density at radius 2 is 1.08 bits per heavy atom. The zero-order valence-electron chi connectivity index (χ0n) is 7.39. The molecule has 0 aliphatic rings. The average Bonchev–Trinajstić information content (AvgIpc) is 1.88. The van der Waals surface area contributed by atoms with Gasteiger partial charge in [0.1, 0.15) is 0 Å². The van der Waals surface area contributed by atoms with Gasteiger partial charge in [-0.05, 0) is 13.8 Å². The summed E-state index contributed by atoms with van der Waals surface area (Å²) in [5, 5.41) is 34.6. The van der Waals surface area contributed by atoms with Crippen molar-refractivity contribution in [3.05, 3.63) is 0 Å². The molecule has 0 aromatic carbocycles. The monoisotopic (exact) mass is 202 g/mol. The van der Waals surface area contributed by atoms with E-state index < -0.39 is 24.1 Å². The Kier molecular flexibility index (Phi) is 13.8. The number of aliphatic hydroxyl groups excluding tert-OH is 2. The third-order valence-corrected chi connectivity index (χ3v) is 0.682. The van der Waals surface area contributed by atoms with Crippen LogP contribution in [0.4, 0.5) is 0 Å². The zero-order valence-corrected chi connectivity index (χ0v) is 8.80. The van der Waals surface area contributed by atoms with Crippen LogP contribution in [0, 0.1) is 0 Å². The van der Waals surface area contributed by atoms with Crippen LogP contribution in [0.1, 0.15) is 13.8 Å². The second-order valence-corrected chi connectivity index (χ2v) is 1.99. The van der Waals surface area contributed by atoms with Gasteiger partial charge < -0.3 is 30.0 Å². The van der Waals surface area contributed by atoms with Gasteiger partial charge in [-0.3, -0.25) is 0 Å². The van der Waals surface area contributed by atoms with E-state index in [4.69, 9.17) is 10.2 Å². The Bertz CT molecular complexity index is 137. The second kappa shape index (κ2) is 9.71. The van der Waals surface area contributed by atoms with Crippen LogP contribution in [-0.2, 0) is 9.59 Å². The van der Waals surface area contributed by atoms with Gasteiger partial charge in [0.25, 0.3) is 0 Å². The Balaban J connectivity index is -0.000000143. The zero-order chi connectivity index (χ0) is 10.3. The van der Waals surface area contributed by atoms with Crippen LogP contribution in [-0.4, -0.2) is 57.4 Å². The maximum atomic E-state index is 9.34. The summed E-state index contributed by atoms with van der Waals surface area (Å²) in [6.45, 7) is 2.27. The number of hydrogen-bond acceptors (Lipinski definition) is 6. The first-order chi connectivity index (χ1) is 5.29. The summed E-state index contributed by atoms with van der Waals surface area (Å²) in [4.78, 5) is 18.7. The number of aliphatic carboxylic acids is 2. The van der Waals surface area contributed by atoms with Crippen LogP contribution in [0.2, 0.25) is 0 Å². The van der Waals surface area contributed by atoms with E-state index >= 15 is 0 Å². The first kappa shape index (κ1) is 18.4. The summed E-state index contributed by atoms with van der Waals surface area (Å²) < 4.78 is 0. The molecular formula is C6H10MgO6. The topological polar surface area (TPSA) is 121 Å². The van der Waals surface area contributed by atoms with E-state index in [2.05, 4.69) is 0 Å². The minimum Gasteiger partial charge on any atom is -0.547 e. The molecule has 0 fully saturated rings. The van der Waals surface area contributed by atoms with Crippen molar-refractivity contribution in [3.8, 4) is 0 Å². The van der Waals surface area contributed by atoms with Crippen molar-refractivity contribution in [3.63, 3.8) is 0 Å². The van der Waals surface area contributed by atoms with E-state index in [1.54, 1.807) is 0 Å². The van der Waals surface area contributed by atoms with E-state index in [9.17, 15) is 19.8 Å². The quantitative estimate of drug-likeness (QED) is 0.439. The van der Waals surface area contributed by atoms with Gasteiger partial charge in [0.2, 0.25) is 0 Å². The molecule has 13 heavy (non-hydrogen) atoms. The third-order valence-electron chi connectivity index (χ3n) is 0.682. The predicted octanol–water partition coefficient (Wildman–Crippen LogP) is -4.15. The van der Waals surface area contributed by atoms with Gasteiger partial charge >= 0.3 is 23.1 Å². The normalized spacial score (nSPS) is 12.6. The van der Waals surface area contributed by atoms with E-state index in [0.29, 0.717) is 0 Å². The van der Waals surface area contributed by atoms with Crippen molar-refractivity contribution in [1.29, 1.82) is 0 Å². The van der Waals surface area contributed by atoms with Crippen LogP contribution < -0.4 is 10.2 Å². The van der Waals surface area contributed by atoms with Crippen molar-refractivity contribution in [1.82, 2.24) is 0 Å². The molecule has 0 saturated carbocycles. The van der Waals surface area contributed by atoms with Crippen LogP contribution >= 0.6 is 0 Å². The molecule has 0 aromatic rings. The largest absolute Gasteiger partial charge is 2.00 e. The number of carbonyl (C=O) groups is 2. The number of carboxylic acid groups (broad SMARTS) is 2. The molecule has 0 aromatic heterocycles. The van der Waals surface area contributed by atoms with Gasteiger partial charge in [-0.2, -0.15) is 0 Å². The molecular weight excluding hydrogens is 192 g/mol. The summed E-state index contributed by atoms with van der Waals surface area (Å²) >= 11 is 0. The van der Waals surface area contributed by atoms with Crippen molar-refractivity contribution in [2.75, 3.05) is 0 Å². The van der Waals surface area contributed by atoms with Crippen LogP contribution in [0.3, 0.4) is 0 Å². The third kappa shape index (κ3) is 18.5. The SMILES string of the molecule is C[C@@H](O)C(=O)[O-].C[C@@H](O)C(=O)[O-].[Mg+2]. The maximum absolute atomic E-state index is 9.34. The number of hydrogen-bond donors (Lipinski definition) is 2. The first-order valence-corrected chi connectivity index (χ1v) is 3.06. The summed E-state index contributed by atoms with van der Waals surface area (Å²) in [6.07, 6.45) is -2.69. The fourth-order valence-electron chi connectivity index (χ4n) is 0. The maximum Gasteiger partial charge on any atom is 2.00 e. The fraction of sp³-hybridized carbons (Fsp3) is 0.667. The van der Waals surface area contributed by atoms with E-state index in [-0.39, 0.29) is 23.1 Å². The Labute approximate surface area is 91.3 Å². The summed E-state index contributed by atoms with van der Waals surface area (Å²) in [7, 11) is 0. The molecule has 0 rings (SSSR count). The molecule has 0 aliphatic carbocycles. The molecule has 0 spiro atoms.